The van der Waals surface area contributed by atoms with E-state index in [2.05, 4.69) is 4.98 Å². The Labute approximate surface area is 123 Å². The molecule has 1 aromatic heterocycles. The first kappa shape index (κ1) is 15.3. The van der Waals surface area contributed by atoms with Gasteiger partial charge in [0.15, 0.2) is 5.69 Å². The number of thiazole rings is 1. The van der Waals surface area contributed by atoms with Crippen molar-refractivity contribution in [1.82, 2.24) is 4.98 Å². The minimum Gasteiger partial charge on any atom is -0.326 e. The number of aromatic nitrogens is 1. The molecule has 2 aromatic rings. The lowest BCUT2D eigenvalue weighted by molar-refractivity contribution is -0.141. The van der Waals surface area contributed by atoms with E-state index in [0.717, 1.165) is 21.8 Å². The standard InChI is InChI=1S/C13H13F3N2S2/c1-8-4-2-3-5-9(8)19-7-11-18-12(13(14,15)16)10(6-17)20-11/h2-5H,6-7,17H2,1H3. The third kappa shape index (κ3) is 3.53. The summed E-state index contributed by atoms with van der Waals surface area (Å²) in [5.41, 5.74) is 5.61. The number of rotatable bonds is 4. The van der Waals surface area contributed by atoms with Gasteiger partial charge in [0, 0.05) is 11.4 Å². The van der Waals surface area contributed by atoms with Crippen molar-refractivity contribution >= 4 is 23.1 Å². The highest BCUT2D eigenvalue weighted by Gasteiger charge is 2.36. The Morgan fingerprint density at radius 2 is 2.00 bits per heavy atom. The van der Waals surface area contributed by atoms with Crippen LogP contribution in [0.1, 0.15) is 21.1 Å². The predicted molar refractivity (Wildman–Crippen MR) is 75.7 cm³/mol. The van der Waals surface area contributed by atoms with Gasteiger partial charge >= 0.3 is 6.18 Å². The molecule has 0 radical (unpaired) electrons. The molecule has 0 spiro atoms. The molecule has 0 aliphatic carbocycles. The highest BCUT2D eigenvalue weighted by atomic mass is 32.2. The molecule has 0 aliphatic rings. The van der Waals surface area contributed by atoms with Crippen molar-refractivity contribution in [2.24, 2.45) is 5.73 Å². The van der Waals surface area contributed by atoms with Crippen LogP contribution in [0.15, 0.2) is 29.2 Å². The van der Waals surface area contributed by atoms with E-state index < -0.39 is 11.9 Å². The third-order valence-electron chi connectivity index (χ3n) is 2.64. The maximum atomic E-state index is 12.8. The SMILES string of the molecule is Cc1ccccc1SCc1nc(C(F)(F)F)c(CN)s1. The number of halogens is 3. The van der Waals surface area contributed by atoms with E-state index in [9.17, 15) is 13.2 Å². The molecule has 0 bridgehead atoms. The monoisotopic (exact) mass is 318 g/mol. The Balaban J connectivity index is 2.15. The Bertz CT molecular complexity index is 594. The maximum Gasteiger partial charge on any atom is 0.434 e. The number of hydrogen-bond donors (Lipinski definition) is 1. The zero-order valence-corrected chi connectivity index (χ0v) is 12.3. The minimum atomic E-state index is -4.43. The van der Waals surface area contributed by atoms with Gasteiger partial charge in [-0.25, -0.2) is 4.98 Å². The molecule has 1 aromatic carbocycles. The van der Waals surface area contributed by atoms with Crippen LogP contribution in [0.3, 0.4) is 0 Å². The quantitative estimate of drug-likeness (QED) is 0.858. The number of aryl methyl sites for hydroxylation is 1. The van der Waals surface area contributed by atoms with Crippen molar-refractivity contribution in [2.45, 2.75) is 30.3 Å². The van der Waals surface area contributed by atoms with Crippen molar-refractivity contribution in [2.75, 3.05) is 0 Å². The first-order valence-electron chi connectivity index (χ1n) is 5.86. The summed E-state index contributed by atoms with van der Waals surface area (Å²) in [4.78, 5) is 4.83. The summed E-state index contributed by atoms with van der Waals surface area (Å²) in [6, 6.07) is 7.75. The summed E-state index contributed by atoms with van der Waals surface area (Å²) in [6.45, 7) is 1.83. The van der Waals surface area contributed by atoms with Crippen LogP contribution in [0.4, 0.5) is 13.2 Å². The van der Waals surface area contributed by atoms with Gasteiger partial charge in [-0.3, -0.25) is 0 Å². The fraction of sp³-hybridized carbons (Fsp3) is 0.308. The van der Waals surface area contributed by atoms with E-state index in [-0.39, 0.29) is 11.4 Å². The zero-order valence-electron chi connectivity index (χ0n) is 10.7. The lowest BCUT2D eigenvalue weighted by Gasteiger charge is -2.04. The van der Waals surface area contributed by atoms with Crippen LogP contribution in [-0.2, 0) is 18.5 Å². The highest BCUT2D eigenvalue weighted by molar-refractivity contribution is 7.98. The first-order valence-corrected chi connectivity index (χ1v) is 7.66. The number of hydrogen-bond acceptors (Lipinski definition) is 4. The van der Waals surface area contributed by atoms with Crippen molar-refractivity contribution in [3.8, 4) is 0 Å². The number of thioether (sulfide) groups is 1. The van der Waals surface area contributed by atoms with Crippen LogP contribution in [0.2, 0.25) is 0 Å². The third-order valence-corrected chi connectivity index (χ3v) is 5.09. The van der Waals surface area contributed by atoms with Crippen molar-refractivity contribution in [3.05, 3.63) is 45.4 Å². The number of nitrogens with two attached hydrogens (primary N) is 1. The van der Waals surface area contributed by atoms with Gasteiger partial charge in [0.05, 0.1) is 10.6 Å². The number of benzene rings is 1. The van der Waals surface area contributed by atoms with E-state index in [0.29, 0.717) is 10.8 Å². The second-order valence-corrected chi connectivity index (χ2v) is 6.32. The average molecular weight is 318 g/mol. The van der Waals surface area contributed by atoms with Crippen LogP contribution in [-0.4, -0.2) is 4.98 Å². The molecule has 0 unspecified atom stereocenters. The Hall–Kier alpha value is -1.05. The molecule has 1 heterocycles. The lowest BCUT2D eigenvalue weighted by atomic mass is 10.2. The van der Waals surface area contributed by atoms with Crippen LogP contribution in [0, 0.1) is 6.92 Å². The van der Waals surface area contributed by atoms with Crippen molar-refractivity contribution in [1.29, 1.82) is 0 Å². The molecule has 108 valence electrons. The fourth-order valence-electron chi connectivity index (χ4n) is 1.68. The van der Waals surface area contributed by atoms with Crippen LogP contribution in [0.5, 0.6) is 0 Å². The van der Waals surface area contributed by atoms with E-state index in [4.69, 9.17) is 5.73 Å². The second kappa shape index (κ2) is 6.15. The average Bonchev–Trinajstić information content (AvgIpc) is 2.81. The van der Waals surface area contributed by atoms with Crippen LogP contribution >= 0.6 is 23.1 Å². The van der Waals surface area contributed by atoms with E-state index >= 15 is 0 Å². The number of alkyl halides is 3. The molecule has 0 saturated carbocycles. The first-order chi connectivity index (χ1) is 9.41. The number of nitrogens with zero attached hydrogens (tertiary/aromatic N) is 1. The zero-order chi connectivity index (χ0) is 14.8. The molecule has 2 rings (SSSR count). The van der Waals surface area contributed by atoms with Gasteiger partial charge in [0.1, 0.15) is 5.01 Å². The van der Waals surface area contributed by atoms with E-state index in [1.54, 1.807) is 0 Å². The normalized spacial score (nSPS) is 11.8. The second-order valence-electron chi connectivity index (χ2n) is 4.14. The summed E-state index contributed by atoms with van der Waals surface area (Å²) in [5, 5.41) is 0.450. The largest absolute Gasteiger partial charge is 0.434 e. The molecule has 0 atom stereocenters. The topological polar surface area (TPSA) is 38.9 Å². The molecule has 0 aliphatic heterocycles. The Kier molecular flexibility index (Phi) is 4.72. The fourth-order valence-corrected chi connectivity index (χ4v) is 3.67. The molecule has 0 amide bonds. The minimum absolute atomic E-state index is 0.0953. The lowest BCUT2D eigenvalue weighted by Crippen LogP contribution is -2.10. The Morgan fingerprint density at radius 3 is 2.55 bits per heavy atom. The van der Waals surface area contributed by atoms with E-state index in [1.165, 1.54) is 11.8 Å². The molecule has 2 nitrogen and oxygen atoms in total. The van der Waals surface area contributed by atoms with Gasteiger partial charge in [-0.15, -0.1) is 23.1 Å². The van der Waals surface area contributed by atoms with Gasteiger partial charge in [-0.1, -0.05) is 18.2 Å². The van der Waals surface area contributed by atoms with Crippen LogP contribution in [0.25, 0.3) is 0 Å². The van der Waals surface area contributed by atoms with Gasteiger partial charge in [0.2, 0.25) is 0 Å². The van der Waals surface area contributed by atoms with Crippen molar-refractivity contribution < 1.29 is 13.2 Å². The Morgan fingerprint density at radius 1 is 1.30 bits per heavy atom. The maximum absolute atomic E-state index is 12.8. The molecule has 7 heteroatoms. The molecular weight excluding hydrogens is 305 g/mol. The van der Waals surface area contributed by atoms with Gasteiger partial charge in [-0.05, 0) is 18.6 Å². The van der Waals surface area contributed by atoms with E-state index in [1.807, 2.05) is 31.2 Å². The van der Waals surface area contributed by atoms with Crippen LogP contribution < -0.4 is 5.73 Å². The molecule has 0 saturated heterocycles. The van der Waals surface area contributed by atoms with Crippen molar-refractivity contribution in [3.63, 3.8) is 0 Å². The van der Waals surface area contributed by atoms with Gasteiger partial charge < -0.3 is 5.73 Å². The summed E-state index contributed by atoms with van der Waals surface area (Å²) in [7, 11) is 0. The van der Waals surface area contributed by atoms with Gasteiger partial charge in [-0.2, -0.15) is 13.2 Å². The molecule has 2 N–H and O–H groups in total. The smallest absolute Gasteiger partial charge is 0.326 e. The molecule has 0 fully saturated rings. The summed E-state index contributed by atoms with van der Waals surface area (Å²) >= 11 is 2.52. The predicted octanol–water partition coefficient (Wildman–Crippen LogP) is 4.22. The molecule has 20 heavy (non-hydrogen) atoms. The summed E-state index contributed by atoms with van der Waals surface area (Å²) < 4.78 is 38.3. The highest BCUT2D eigenvalue weighted by Crippen LogP contribution is 2.36. The summed E-state index contributed by atoms with van der Waals surface area (Å²) in [5.74, 6) is 0.415. The molecular formula is C13H13F3N2S2. The summed E-state index contributed by atoms with van der Waals surface area (Å²) in [6.07, 6.45) is -4.43. The van der Waals surface area contributed by atoms with Gasteiger partial charge in [0.25, 0.3) is 0 Å².